The standard InChI is InChI=1S/C75H126O6/c1-4-7-10-13-16-19-22-25-28-30-31-32-33-34-35-36-37-38-39-40-41-42-43-45-47-50-53-56-59-62-65-68-74(77)80-71-72(70-79-73(76)67-64-61-58-55-52-49-46-27-24-21-18-15-12-9-6-3)81-75(78)69-66-63-60-57-54-51-48-44-29-26-23-20-17-14-11-8-5-2/h7,9-10,12,16-21,25-29,31-32,46,52,55,72H,4-6,8,11,13-15,22-24,30,33-45,47-51,53-54,56-71H2,1-3H3/b10-7-,12-9-,19-16-,20-17-,21-18-,28-25-,29-26-,32-31-,46-27-,55-52-. The van der Waals surface area contributed by atoms with Gasteiger partial charge in [-0.05, 0) is 128 Å². The third kappa shape index (κ3) is 66.5. The van der Waals surface area contributed by atoms with Crippen LogP contribution in [0.15, 0.2) is 122 Å². The Labute approximate surface area is 501 Å². The van der Waals surface area contributed by atoms with Gasteiger partial charge in [0.05, 0.1) is 0 Å². The Morgan fingerprint density at radius 3 is 0.778 bits per heavy atom. The largest absolute Gasteiger partial charge is 0.462 e. The number of hydrogen-bond acceptors (Lipinski definition) is 6. The van der Waals surface area contributed by atoms with E-state index in [9.17, 15) is 14.4 Å². The average Bonchev–Trinajstić information content (AvgIpc) is 3.47. The number of ether oxygens (including phenoxy) is 3. The summed E-state index contributed by atoms with van der Waals surface area (Å²) in [7, 11) is 0. The first kappa shape index (κ1) is 76.8. The maximum Gasteiger partial charge on any atom is 0.306 e. The number of esters is 3. The zero-order valence-electron chi connectivity index (χ0n) is 53.0. The van der Waals surface area contributed by atoms with Gasteiger partial charge in [0.1, 0.15) is 13.2 Å². The first-order valence-corrected chi connectivity index (χ1v) is 34.0. The molecular weight excluding hydrogens is 997 g/mol. The fourth-order valence-corrected chi connectivity index (χ4v) is 9.40. The van der Waals surface area contributed by atoms with Gasteiger partial charge >= 0.3 is 17.9 Å². The van der Waals surface area contributed by atoms with E-state index in [4.69, 9.17) is 14.2 Å². The summed E-state index contributed by atoms with van der Waals surface area (Å²) in [6.45, 7) is 6.37. The molecule has 0 saturated heterocycles. The van der Waals surface area contributed by atoms with Crippen molar-refractivity contribution >= 4 is 17.9 Å². The molecule has 462 valence electrons. The summed E-state index contributed by atoms with van der Waals surface area (Å²) in [6, 6.07) is 0. The topological polar surface area (TPSA) is 78.9 Å². The minimum Gasteiger partial charge on any atom is -0.462 e. The lowest BCUT2D eigenvalue weighted by Crippen LogP contribution is -2.30. The molecule has 0 aliphatic heterocycles. The fourth-order valence-electron chi connectivity index (χ4n) is 9.40. The molecule has 0 spiro atoms. The maximum absolute atomic E-state index is 12.9. The van der Waals surface area contributed by atoms with E-state index in [1.165, 1.54) is 154 Å². The molecule has 0 fully saturated rings. The average molecular weight is 1120 g/mol. The lowest BCUT2D eigenvalue weighted by molar-refractivity contribution is -0.167. The Hall–Kier alpha value is -4.19. The van der Waals surface area contributed by atoms with Crippen molar-refractivity contribution < 1.29 is 28.6 Å². The van der Waals surface area contributed by atoms with Crippen molar-refractivity contribution in [3.05, 3.63) is 122 Å². The van der Waals surface area contributed by atoms with Crippen molar-refractivity contribution in [2.75, 3.05) is 13.2 Å². The van der Waals surface area contributed by atoms with Crippen LogP contribution >= 0.6 is 0 Å². The highest BCUT2D eigenvalue weighted by atomic mass is 16.6. The Kier molecular flexibility index (Phi) is 64.8. The molecule has 0 aromatic rings. The van der Waals surface area contributed by atoms with Crippen LogP contribution < -0.4 is 0 Å². The summed E-state index contributed by atoms with van der Waals surface area (Å²) >= 11 is 0. The van der Waals surface area contributed by atoms with Crippen LogP contribution in [0.25, 0.3) is 0 Å². The molecule has 0 aromatic heterocycles. The second-order valence-electron chi connectivity index (χ2n) is 22.3. The Morgan fingerprint density at radius 2 is 0.481 bits per heavy atom. The van der Waals surface area contributed by atoms with Crippen LogP contribution in [0, 0.1) is 0 Å². The quantitative estimate of drug-likeness (QED) is 0.0261. The van der Waals surface area contributed by atoms with Gasteiger partial charge < -0.3 is 14.2 Å². The van der Waals surface area contributed by atoms with Gasteiger partial charge in [0.25, 0.3) is 0 Å². The lowest BCUT2D eigenvalue weighted by Gasteiger charge is -2.18. The van der Waals surface area contributed by atoms with Gasteiger partial charge in [-0.2, -0.15) is 0 Å². The highest BCUT2D eigenvalue weighted by Crippen LogP contribution is 2.17. The second kappa shape index (κ2) is 68.3. The summed E-state index contributed by atoms with van der Waals surface area (Å²) in [5, 5.41) is 0. The highest BCUT2D eigenvalue weighted by Gasteiger charge is 2.19. The zero-order chi connectivity index (χ0) is 58.5. The molecule has 6 nitrogen and oxygen atoms in total. The molecule has 0 aromatic carbocycles. The number of carbonyl (C=O) groups excluding carboxylic acids is 3. The van der Waals surface area contributed by atoms with Gasteiger partial charge in [-0.25, -0.2) is 0 Å². The van der Waals surface area contributed by atoms with Crippen LogP contribution in [-0.2, 0) is 28.6 Å². The third-order valence-corrected chi connectivity index (χ3v) is 14.4. The number of unbranched alkanes of at least 4 members (excludes halogenated alkanes) is 30. The third-order valence-electron chi connectivity index (χ3n) is 14.4. The van der Waals surface area contributed by atoms with Crippen LogP contribution in [-0.4, -0.2) is 37.2 Å². The van der Waals surface area contributed by atoms with Crippen molar-refractivity contribution in [1.82, 2.24) is 0 Å². The van der Waals surface area contributed by atoms with Crippen LogP contribution in [0.3, 0.4) is 0 Å². The second-order valence-corrected chi connectivity index (χ2v) is 22.3. The highest BCUT2D eigenvalue weighted by molar-refractivity contribution is 5.71. The molecule has 1 unspecified atom stereocenters. The molecule has 0 heterocycles. The van der Waals surface area contributed by atoms with Gasteiger partial charge in [-0.3, -0.25) is 14.4 Å². The minimum absolute atomic E-state index is 0.0940. The molecule has 0 rings (SSSR count). The molecule has 81 heavy (non-hydrogen) atoms. The summed E-state index contributed by atoms with van der Waals surface area (Å²) in [5.74, 6) is -0.936. The van der Waals surface area contributed by atoms with Crippen LogP contribution in [0.5, 0.6) is 0 Å². The van der Waals surface area contributed by atoms with E-state index in [-0.39, 0.29) is 31.1 Å². The van der Waals surface area contributed by atoms with E-state index >= 15 is 0 Å². The van der Waals surface area contributed by atoms with Crippen LogP contribution in [0.2, 0.25) is 0 Å². The molecule has 0 saturated carbocycles. The smallest absolute Gasteiger partial charge is 0.306 e. The summed E-state index contributed by atoms with van der Waals surface area (Å²) in [6.07, 6.45) is 95.1. The van der Waals surface area contributed by atoms with E-state index < -0.39 is 6.10 Å². The van der Waals surface area contributed by atoms with Crippen molar-refractivity contribution in [3.63, 3.8) is 0 Å². The predicted molar refractivity (Wildman–Crippen MR) is 353 cm³/mol. The Morgan fingerprint density at radius 1 is 0.259 bits per heavy atom. The molecule has 1 atom stereocenters. The van der Waals surface area contributed by atoms with E-state index in [1.807, 2.05) is 0 Å². The minimum atomic E-state index is -0.802. The van der Waals surface area contributed by atoms with Gasteiger partial charge in [0, 0.05) is 19.3 Å². The zero-order valence-corrected chi connectivity index (χ0v) is 53.0. The molecule has 0 amide bonds. The fraction of sp³-hybridized carbons (Fsp3) is 0.693. The van der Waals surface area contributed by atoms with Crippen molar-refractivity contribution in [2.45, 2.75) is 322 Å². The normalized spacial score (nSPS) is 12.9. The molecule has 0 N–H and O–H groups in total. The van der Waals surface area contributed by atoms with E-state index in [0.29, 0.717) is 19.3 Å². The summed E-state index contributed by atoms with van der Waals surface area (Å²) < 4.78 is 16.9. The first-order valence-electron chi connectivity index (χ1n) is 34.0. The van der Waals surface area contributed by atoms with E-state index in [0.717, 1.165) is 122 Å². The molecule has 0 radical (unpaired) electrons. The first-order chi connectivity index (χ1) is 40.0. The van der Waals surface area contributed by atoms with E-state index in [2.05, 4.69) is 142 Å². The SMILES string of the molecule is CC/C=C\C/C=C\C/C=C\C/C=C\CCCCCCCCCCCCCCCCCCCCC(=O)OCC(COC(=O)CCCC/C=C\C/C=C\C/C=C\C/C=C\CC)OC(=O)CCCCCCCCC/C=C\C/C=C\CCCCC. The molecule has 0 aliphatic carbocycles. The number of rotatable bonds is 61. The Bertz CT molecular complexity index is 1670. The molecular formula is C75H126O6. The van der Waals surface area contributed by atoms with Gasteiger partial charge in [0.15, 0.2) is 6.10 Å². The van der Waals surface area contributed by atoms with Gasteiger partial charge in [-0.15, -0.1) is 0 Å². The van der Waals surface area contributed by atoms with Gasteiger partial charge in [0.2, 0.25) is 0 Å². The number of hydrogen-bond donors (Lipinski definition) is 0. The van der Waals surface area contributed by atoms with Crippen molar-refractivity contribution in [3.8, 4) is 0 Å². The van der Waals surface area contributed by atoms with Gasteiger partial charge in [-0.1, -0.05) is 290 Å². The van der Waals surface area contributed by atoms with Crippen LogP contribution in [0.4, 0.5) is 0 Å². The lowest BCUT2D eigenvalue weighted by atomic mass is 10.0. The number of allylic oxidation sites excluding steroid dienone is 20. The Balaban J connectivity index is 4.26. The number of carbonyl (C=O) groups is 3. The summed E-state index contributed by atoms with van der Waals surface area (Å²) in [5.41, 5.74) is 0. The van der Waals surface area contributed by atoms with Crippen molar-refractivity contribution in [1.29, 1.82) is 0 Å². The predicted octanol–water partition coefficient (Wildman–Crippen LogP) is 23.6. The molecule has 6 heteroatoms. The van der Waals surface area contributed by atoms with Crippen LogP contribution in [0.1, 0.15) is 316 Å². The molecule has 0 aliphatic rings. The van der Waals surface area contributed by atoms with Crippen molar-refractivity contribution in [2.24, 2.45) is 0 Å². The maximum atomic E-state index is 12.9. The molecule has 0 bridgehead atoms. The monoisotopic (exact) mass is 1120 g/mol. The summed E-state index contributed by atoms with van der Waals surface area (Å²) in [4.78, 5) is 38.4. The van der Waals surface area contributed by atoms with E-state index in [1.54, 1.807) is 0 Å².